The number of rotatable bonds is 5. The third-order valence-electron chi connectivity index (χ3n) is 5.85. The van der Waals surface area contributed by atoms with Crippen molar-refractivity contribution in [3.05, 3.63) is 24.3 Å². The van der Waals surface area contributed by atoms with Crippen molar-refractivity contribution in [2.45, 2.75) is 70.3 Å². The number of hydrogen-bond donors (Lipinski definition) is 4. The third kappa shape index (κ3) is 5.76. The van der Waals surface area contributed by atoms with E-state index in [4.69, 9.17) is 9.72 Å². The number of fused-ring (bicyclic) bond motifs is 3. The fraction of sp³-hybridized carbons (Fsp3) is 0.591. The highest BCUT2D eigenvalue weighted by Crippen LogP contribution is 2.35. The highest BCUT2D eigenvalue weighted by atomic mass is 19.4. The van der Waals surface area contributed by atoms with Gasteiger partial charge in [-0.2, -0.15) is 13.2 Å². The zero-order valence-electron chi connectivity index (χ0n) is 18.8. The first-order valence-electron chi connectivity index (χ1n) is 11.1. The van der Waals surface area contributed by atoms with Crippen LogP contribution in [0.5, 0.6) is 0 Å². The van der Waals surface area contributed by atoms with Crippen molar-refractivity contribution in [3.8, 4) is 0 Å². The van der Waals surface area contributed by atoms with Crippen LogP contribution in [0.4, 0.5) is 18.0 Å². The number of imidazole rings is 1. The lowest BCUT2D eigenvalue weighted by atomic mass is 9.81. The molecule has 180 valence electrons. The third-order valence-corrected chi connectivity index (χ3v) is 5.85. The molecule has 0 bridgehead atoms. The van der Waals surface area contributed by atoms with Gasteiger partial charge in [-0.25, -0.2) is 14.8 Å². The van der Waals surface area contributed by atoms with Crippen molar-refractivity contribution in [3.63, 3.8) is 0 Å². The number of carbonyl (C=O) groups is 1. The number of carbonyl (C=O) groups excluding carboxylic acids is 1. The average molecular weight is 467 g/mol. The van der Waals surface area contributed by atoms with Crippen molar-refractivity contribution >= 4 is 28.2 Å². The highest BCUT2D eigenvalue weighted by molar-refractivity contribution is 6.00. The van der Waals surface area contributed by atoms with E-state index in [0.717, 1.165) is 16.4 Å². The van der Waals surface area contributed by atoms with Crippen LogP contribution < -0.4 is 10.6 Å². The molecule has 1 aliphatic carbocycles. The van der Waals surface area contributed by atoms with Gasteiger partial charge in [0.25, 0.3) is 0 Å². The van der Waals surface area contributed by atoms with Gasteiger partial charge >= 0.3 is 12.3 Å². The van der Waals surface area contributed by atoms with E-state index in [1.807, 2.05) is 6.07 Å². The van der Waals surface area contributed by atoms with Crippen LogP contribution in [0, 0.1) is 5.92 Å². The zero-order chi connectivity index (χ0) is 23.8. The molecule has 1 atom stereocenters. The van der Waals surface area contributed by atoms with Crippen LogP contribution in [0.3, 0.4) is 0 Å². The summed E-state index contributed by atoms with van der Waals surface area (Å²) in [5, 5.41) is 6.42. The van der Waals surface area contributed by atoms with E-state index in [0.29, 0.717) is 37.2 Å². The first-order valence-corrected chi connectivity index (χ1v) is 11.1. The smallest absolute Gasteiger partial charge is 0.408 e. The molecule has 0 spiro atoms. The van der Waals surface area contributed by atoms with Crippen LogP contribution in [-0.2, 0) is 4.74 Å². The van der Waals surface area contributed by atoms with E-state index >= 15 is 0 Å². The van der Waals surface area contributed by atoms with Crippen molar-refractivity contribution in [1.82, 2.24) is 30.6 Å². The van der Waals surface area contributed by atoms with E-state index < -0.39 is 30.5 Å². The van der Waals surface area contributed by atoms with Gasteiger partial charge in [-0.1, -0.05) is 0 Å². The second-order valence-electron chi connectivity index (χ2n) is 9.61. The molecule has 0 aliphatic heterocycles. The monoisotopic (exact) mass is 466 g/mol. The largest absolute Gasteiger partial charge is 0.444 e. The summed E-state index contributed by atoms with van der Waals surface area (Å²) in [5.41, 5.74) is 1.54. The van der Waals surface area contributed by atoms with Crippen molar-refractivity contribution in [2.24, 2.45) is 5.92 Å². The number of pyridine rings is 1. The molecule has 4 N–H and O–H groups in total. The van der Waals surface area contributed by atoms with E-state index in [1.165, 1.54) is 0 Å². The molecule has 3 heterocycles. The molecule has 1 saturated carbocycles. The van der Waals surface area contributed by atoms with Gasteiger partial charge in [0.05, 0.1) is 24.3 Å². The molecule has 1 amide bonds. The summed E-state index contributed by atoms with van der Waals surface area (Å²) in [7, 11) is 0. The molecule has 0 aromatic carbocycles. The van der Waals surface area contributed by atoms with Crippen LogP contribution in [0.15, 0.2) is 18.5 Å². The number of aromatic nitrogens is 4. The average Bonchev–Trinajstić information content (AvgIpc) is 3.35. The van der Waals surface area contributed by atoms with Crippen LogP contribution in [0.25, 0.3) is 22.1 Å². The summed E-state index contributed by atoms with van der Waals surface area (Å²) in [5.74, 6) is 0.578. The minimum atomic E-state index is -4.23. The van der Waals surface area contributed by atoms with Crippen molar-refractivity contribution in [2.75, 3.05) is 6.54 Å². The number of alkyl halides is 3. The Morgan fingerprint density at radius 3 is 2.64 bits per heavy atom. The fourth-order valence-electron chi connectivity index (χ4n) is 4.40. The normalized spacial score (nSPS) is 20.8. The molecule has 33 heavy (non-hydrogen) atoms. The molecule has 11 heteroatoms. The van der Waals surface area contributed by atoms with Gasteiger partial charge in [0.1, 0.15) is 22.6 Å². The molecule has 3 aromatic heterocycles. The topological polar surface area (TPSA) is 108 Å². The number of hydrogen-bond acceptors (Lipinski definition) is 5. The number of amides is 1. The van der Waals surface area contributed by atoms with Crippen molar-refractivity contribution < 1.29 is 22.7 Å². The first kappa shape index (κ1) is 23.3. The van der Waals surface area contributed by atoms with Gasteiger partial charge in [-0.3, -0.25) is 0 Å². The molecule has 0 radical (unpaired) electrons. The SMILES string of the molecule is CC(C)(C)OC(=O)NC(c1nc2c(cnc3[nH]ccc32)[nH]1)C1CCC(NCC(F)(F)F)CC1. The van der Waals surface area contributed by atoms with E-state index in [9.17, 15) is 18.0 Å². The van der Waals surface area contributed by atoms with E-state index in [2.05, 4.69) is 25.6 Å². The predicted molar refractivity (Wildman–Crippen MR) is 118 cm³/mol. The van der Waals surface area contributed by atoms with E-state index in [1.54, 1.807) is 33.2 Å². The number of H-pyrrole nitrogens is 2. The molecule has 1 unspecified atom stereocenters. The van der Waals surface area contributed by atoms with Gasteiger partial charge in [-0.05, 0) is 58.4 Å². The van der Waals surface area contributed by atoms with Crippen LogP contribution in [-0.4, -0.2) is 50.4 Å². The number of aromatic amines is 2. The summed E-state index contributed by atoms with van der Waals surface area (Å²) < 4.78 is 43.1. The molecule has 4 rings (SSSR count). The minimum absolute atomic E-state index is 0.00306. The van der Waals surface area contributed by atoms with Gasteiger partial charge < -0.3 is 25.3 Å². The second-order valence-corrected chi connectivity index (χ2v) is 9.61. The Morgan fingerprint density at radius 1 is 1.24 bits per heavy atom. The maximum Gasteiger partial charge on any atom is 0.408 e. The Balaban J connectivity index is 1.55. The molecule has 8 nitrogen and oxygen atoms in total. The van der Waals surface area contributed by atoms with Gasteiger partial charge in [0.2, 0.25) is 0 Å². The maximum absolute atomic E-state index is 12.6. The Bertz CT molecular complexity index is 1110. The number of alkyl carbamates (subject to hydrolysis) is 1. The van der Waals surface area contributed by atoms with E-state index in [-0.39, 0.29) is 12.0 Å². The van der Waals surface area contributed by atoms with Crippen LogP contribution >= 0.6 is 0 Å². The highest BCUT2D eigenvalue weighted by Gasteiger charge is 2.34. The summed E-state index contributed by atoms with van der Waals surface area (Å²) in [4.78, 5) is 28.1. The second kappa shape index (κ2) is 8.85. The Morgan fingerprint density at radius 2 is 1.97 bits per heavy atom. The lowest BCUT2D eigenvalue weighted by Gasteiger charge is -2.34. The molecule has 1 fully saturated rings. The number of nitrogens with zero attached hydrogens (tertiary/aromatic N) is 2. The lowest BCUT2D eigenvalue weighted by Crippen LogP contribution is -2.43. The predicted octanol–water partition coefficient (Wildman–Crippen LogP) is 4.72. The Hall–Kier alpha value is -2.82. The minimum Gasteiger partial charge on any atom is -0.444 e. The van der Waals surface area contributed by atoms with Crippen LogP contribution in [0.2, 0.25) is 0 Å². The van der Waals surface area contributed by atoms with Gasteiger partial charge in [0, 0.05) is 17.6 Å². The zero-order valence-corrected chi connectivity index (χ0v) is 18.8. The summed E-state index contributed by atoms with van der Waals surface area (Å²) in [6, 6.07) is 1.22. The van der Waals surface area contributed by atoms with Gasteiger partial charge in [0.15, 0.2) is 0 Å². The first-order chi connectivity index (χ1) is 15.5. The van der Waals surface area contributed by atoms with Gasteiger partial charge in [-0.15, -0.1) is 0 Å². The summed E-state index contributed by atoms with van der Waals surface area (Å²) >= 11 is 0. The molecular formula is C22H29F3N6O2. The standard InChI is InChI=1S/C22H29F3N6O2/c1-21(2,3)33-20(32)31-16(12-4-6-13(7-5-12)28-11-22(23,24)25)19-29-15-10-27-18-14(8-9-26-18)17(15)30-19/h8-10,12-13,16,28H,4-7,11H2,1-3H3,(H,26,27)(H,29,30)(H,31,32). The van der Waals surface area contributed by atoms with Crippen LogP contribution in [0.1, 0.15) is 58.3 Å². The summed E-state index contributed by atoms with van der Waals surface area (Å²) in [6.45, 7) is 4.36. The molecular weight excluding hydrogens is 437 g/mol. The molecule has 1 aliphatic rings. The number of halogens is 3. The quantitative estimate of drug-likeness (QED) is 0.435. The molecule has 0 saturated heterocycles. The Labute approximate surface area is 189 Å². The Kier molecular flexibility index (Phi) is 6.26. The summed E-state index contributed by atoms with van der Waals surface area (Å²) in [6.07, 6.45) is 1.13. The number of nitrogens with one attached hydrogen (secondary N) is 4. The molecule has 3 aromatic rings. The van der Waals surface area contributed by atoms with Crippen molar-refractivity contribution in [1.29, 1.82) is 0 Å². The lowest BCUT2D eigenvalue weighted by molar-refractivity contribution is -0.126. The maximum atomic E-state index is 12.6. The fourth-order valence-corrected chi connectivity index (χ4v) is 4.40. The number of ether oxygens (including phenoxy) is 1.